The third kappa shape index (κ3) is 4.35. The molecule has 148 valence electrons. The van der Waals surface area contributed by atoms with Gasteiger partial charge in [-0.25, -0.2) is 0 Å². The first-order valence-electron chi connectivity index (χ1n) is 9.79. The van der Waals surface area contributed by atoms with Crippen LogP contribution in [0.1, 0.15) is 56.7 Å². The number of nitrogen functional groups attached to an aromatic ring is 1. The number of rotatable bonds is 7. The molecule has 0 spiro atoms. The van der Waals surface area contributed by atoms with Gasteiger partial charge in [-0.3, -0.25) is 0 Å². The Bertz CT molecular complexity index is 867. The van der Waals surface area contributed by atoms with E-state index in [1.165, 1.54) is 5.56 Å². The molecule has 2 aromatic rings. The van der Waals surface area contributed by atoms with Crippen LogP contribution in [-0.2, 0) is 16.8 Å². The number of nitrogens with zero attached hydrogens (tertiary/aromatic N) is 1. The minimum Gasteiger partial charge on any atom is -0.598 e. The fourth-order valence-electron chi connectivity index (χ4n) is 3.95. The summed E-state index contributed by atoms with van der Waals surface area (Å²) in [6.45, 7) is 6.54. The van der Waals surface area contributed by atoms with E-state index in [2.05, 4.69) is 29.0 Å². The highest BCUT2D eigenvalue weighted by atomic mass is 32.2. The van der Waals surface area contributed by atoms with Gasteiger partial charge in [0.15, 0.2) is 0 Å². The molecule has 1 saturated carbocycles. The third-order valence-corrected chi connectivity index (χ3v) is 7.07. The van der Waals surface area contributed by atoms with Crippen molar-refractivity contribution in [3.63, 3.8) is 0 Å². The average molecular weight is 396 g/mol. The highest BCUT2D eigenvalue weighted by molar-refractivity contribution is 7.90. The maximum absolute atomic E-state index is 12.5. The Labute approximate surface area is 171 Å². The van der Waals surface area contributed by atoms with E-state index in [1.54, 1.807) is 0 Å². The maximum atomic E-state index is 12.5. The standard InChI is InChI=1S/C23H29N3OS/c1-22(2,3)28(27)26-13-12-23(18-10-11-18,20-8-5-9-21(25)15-20)19-7-4-6-17(14-19)16-24/h4-9,14-15,18,26H,10-13,25H2,1-3H3/t23?,28-/m1/s1. The number of hydrogen-bond donors (Lipinski definition) is 2. The molecule has 28 heavy (non-hydrogen) atoms. The van der Waals surface area contributed by atoms with Crippen LogP contribution in [0.15, 0.2) is 48.5 Å². The van der Waals surface area contributed by atoms with E-state index >= 15 is 0 Å². The molecule has 0 heterocycles. The molecular weight excluding hydrogens is 366 g/mol. The Morgan fingerprint density at radius 1 is 1.14 bits per heavy atom. The summed E-state index contributed by atoms with van der Waals surface area (Å²) in [4.78, 5) is 0. The van der Waals surface area contributed by atoms with Gasteiger partial charge in [0.2, 0.25) is 0 Å². The van der Waals surface area contributed by atoms with Crippen LogP contribution in [0.3, 0.4) is 0 Å². The van der Waals surface area contributed by atoms with Crippen LogP contribution < -0.4 is 10.5 Å². The SMILES string of the molecule is CC(C)(C)[S@@+]([O-])NCCC(c1cccc(N)c1)(c1cccc(C#N)c1)C1CC1. The van der Waals surface area contributed by atoms with Gasteiger partial charge >= 0.3 is 0 Å². The summed E-state index contributed by atoms with van der Waals surface area (Å²) >= 11 is -1.12. The second kappa shape index (κ2) is 8.16. The predicted octanol–water partition coefficient (Wildman–Crippen LogP) is 4.28. The Morgan fingerprint density at radius 2 is 1.79 bits per heavy atom. The van der Waals surface area contributed by atoms with Crippen molar-refractivity contribution in [1.29, 1.82) is 5.26 Å². The van der Waals surface area contributed by atoms with Crippen molar-refractivity contribution in [3.8, 4) is 6.07 Å². The monoisotopic (exact) mass is 395 g/mol. The van der Waals surface area contributed by atoms with E-state index in [4.69, 9.17) is 5.73 Å². The van der Waals surface area contributed by atoms with Crippen molar-refractivity contribution in [2.75, 3.05) is 12.3 Å². The molecule has 0 bridgehead atoms. The first kappa shape index (κ1) is 20.7. The lowest BCUT2D eigenvalue weighted by molar-refractivity contribution is 0.410. The zero-order valence-electron chi connectivity index (χ0n) is 16.9. The minimum absolute atomic E-state index is 0.239. The van der Waals surface area contributed by atoms with Gasteiger partial charge in [0.25, 0.3) is 0 Å². The van der Waals surface area contributed by atoms with Gasteiger partial charge < -0.3 is 10.3 Å². The van der Waals surface area contributed by atoms with Crippen LogP contribution in [0, 0.1) is 17.2 Å². The molecule has 0 saturated heterocycles. The second-order valence-electron chi connectivity index (χ2n) is 8.59. The maximum Gasteiger partial charge on any atom is 0.136 e. The zero-order valence-corrected chi connectivity index (χ0v) is 17.7. The number of benzene rings is 2. The quantitative estimate of drug-likeness (QED) is 0.541. The number of anilines is 1. The average Bonchev–Trinajstić information content (AvgIpc) is 3.50. The lowest BCUT2D eigenvalue weighted by Crippen LogP contribution is -2.42. The first-order valence-corrected chi connectivity index (χ1v) is 10.9. The molecule has 0 amide bonds. The van der Waals surface area contributed by atoms with E-state index < -0.39 is 11.4 Å². The van der Waals surface area contributed by atoms with Crippen LogP contribution >= 0.6 is 0 Å². The van der Waals surface area contributed by atoms with E-state index in [0.717, 1.165) is 30.5 Å². The third-order valence-electron chi connectivity index (χ3n) is 5.49. The molecule has 3 rings (SSSR count). The molecule has 2 atom stereocenters. The Hall–Kier alpha value is -2.00. The lowest BCUT2D eigenvalue weighted by Gasteiger charge is -2.36. The second-order valence-corrected chi connectivity index (χ2v) is 10.6. The van der Waals surface area contributed by atoms with Gasteiger partial charge in [-0.1, -0.05) is 24.3 Å². The Kier molecular flexibility index (Phi) is 6.04. The van der Waals surface area contributed by atoms with Gasteiger partial charge in [-0.05, 0) is 81.3 Å². The molecule has 5 heteroatoms. The summed E-state index contributed by atoms with van der Waals surface area (Å²) in [6, 6.07) is 18.3. The summed E-state index contributed by atoms with van der Waals surface area (Å²) in [5.74, 6) is 0.494. The fraction of sp³-hybridized carbons (Fsp3) is 0.435. The van der Waals surface area contributed by atoms with Crippen molar-refractivity contribution < 1.29 is 4.55 Å². The Balaban J connectivity index is 2.01. The largest absolute Gasteiger partial charge is 0.598 e. The highest BCUT2D eigenvalue weighted by Crippen LogP contribution is 2.53. The van der Waals surface area contributed by atoms with Crippen molar-refractivity contribution in [1.82, 2.24) is 4.72 Å². The topological polar surface area (TPSA) is 84.9 Å². The predicted molar refractivity (Wildman–Crippen MR) is 116 cm³/mol. The van der Waals surface area contributed by atoms with Gasteiger partial charge in [0.1, 0.15) is 4.75 Å². The van der Waals surface area contributed by atoms with Crippen LogP contribution in [0.2, 0.25) is 0 Å². The van der Waals surface area contributed by atoms with E-state index in [1.807, 2.05) is 51.1 Å². The molecule has 1 aliphatic carbocycles. The van der Waals surface area contributed by atoms with Gasteiger partial charge in [-0.2, -0.15) is 5.26 Å². The molecular formula is C23H29N3OS. The van der Waals surface area contributed by atoms with E-state index in [9.17, 15) is 9.81 Å². The molecule has 3 N–H and O–H groups in total. The molecule has 1 unspecified atom stereocenters. The fourth-order valence-corrected chi connectivity index (χ4v) is 4.67. The van der Waals surface area contributed by atoms with Gasteiger partial charge in [-0.15, -0.1) is 4.72 Å². The van der Waals surface area contributed by atoms with Crippen molar-refractivity contribution in [2.45, 2.75) is 50.2 Å². The summed E-state index contributed by atoms with van der Waals surface area (Å²) in [5.41, 5.74) is 9.61. The molecule has 1 aliphatic rings. The molecule has 4 nitrogen and oxygen atoms in total. The van der Waals surface area contributed by atoms with Gasteiger partial charge in [0, 0.05) is 29.0 Å². The summed E-state index contributed by atoms with van der Waals surface area (Å²) in [7, 11) is 0. The number of nitrogens with two attached hydrogens (primary N) is 1. The zero-order chi connectivity index (χ0) is 20.4. The number of hydrogen-bond acceptors (Lipinski definition) is 4. The van der Waals surface area contributed by atoms with E-state index in [-0.39, 0.29) is 10.2 Å². The number of nitriles is 1. The van der Waals surface area contributed by atoms with Crippen LogP contribution in [0.25, 0.3) is 0 Å². The minimum atomic E-state index is -1.12. The molecule has 2 aromatic carbocycles. The van der Waals surface area contributed by atoms with Crippen molar-refractivity contribution in [3.05, 3.63) is 65.2 Å². The van der Waals surface area contributed by atoms with Crippen molar-refractivity contribution in [2.24, 2.45) is 5.92 Å². The normalized spacial score (nSPS) is 17.5. The Morgan fingerprint density at radius 3 is 2.36 bits per heavy atom. The smallest absolute Gasteiger partial charge is 0.136 e. The molecule has 0 aliphatic heterocycles. The summed E-state index contributed by atoms with van der Waals surface area (Å²) < 4.78 is 15.4. The summed E-state index contributed by atoms with van der Waals surface area (Å²) in [6.07, 6.45) is 3.10. The van der Waals surface area contributed by atoms with Crippen LogP contribution in [0.4, 0.5) is 5.69 Å². The first-order chi connectivity index (χ1) is 13.3. The number of nitrogens with one attached hydrogen (secondary N) is 1. The van der Waals surface area contributed by atoms with E-state index in [0.29, 0.717) is 18.0 Å². The van der Waals surface area contributed by atoms with Crippen molar-refractivity contribution >= 4 is 17.0 Å². The van der Waals surface area contributed by atoms with Crippen LogP contribution in [-0.4, -0.2) is 15.8 Å². The molecule has 1 fully saturated rings. The lowest BCUT2D eigenvalue weighted by atomic mass is 9.68. The molecule has 0 aromatic heterocycles. The summed E-state index contributed by atoms with van der Waals surface area (Å²) in [5, 5.41) is 9.41. The van der Waals surface area contributed by atoms with Crippen LogP contribution in [0.5, 0.6) is 0 Å². The molecule has 0 radical (unpaired) electrons. The van der Waals surface area contributed by atoms with Gasteiger partial charge in [0.05, 0.1) is 11.6 Å². The highest BCUT2D eigenvalue weighted by Gasteiger charge is 2.47.